The Morgan fingerprint density at radius 3 is 2.52 bits per heavy atom. The van der Waals surface area contributed by atoms with E-state index < -0.39 is 0 Å². The van der Waals surface area contributed by atoms with Crippen molar-refractivity contribution in [3.05, 3.63) is 31.9 Å². The fraction of sp³-hybridized carbons (Fsp3) is 0.600. The lowest BCUT2D eigenvalue weighted by molar-refractivity contribution is -0.123. The van der Waals surface area contributed by atoms with Gasteiger partial charge in [-0.3, -0.25) is 19.1 Å². The van der Waals surface area contributed by atoms with Crippen LogP contribution in [0.5, 0.6) is 0 Å². The number of thiocarbonyl (C=S) groups is 1. The van der Waals surface area contributed by atoms with Gasteiger partial charge in [-0.25, -0.2) is 0 Å². The molecule has 1 aromatic heterocycles. The van der Waals surface area contributed by atoms with Gasteiger partial charge in [0.1, 0.15) is 21.8 Å². The van der Waals surface area contributed by atoms with Gasteiger partial charge in [-0.15, -0.1) is 0 Å². The topological polar surface area (TPSA) is 69.3 Å². The molecule has 8 heteroatoms. The van der Waals surface area contributed by atoms with Crippen LogP contribution in [0.2, 0.25) is 0 Å². The first-order valence-electron chi connectivity index (χ1n) is 11.9. The van der Waals surface area contributed by atoms with E-state index in [1.807, 2.05) is 26.8 Å². The third kappa shape index (κ3) is 5.04. The molecule has 0 aliphatic carbocycles. The summed E-state index contributed by atoms with van der Waals surface area (Å²) in [6.45, 7) is 12.5. The molecule has 2 fully saturated rings. The third-order valence-corrected chi connectivity index (χ3v) is 8.13. The van der Waals surface area contributed by atoms with Crippen LogP contribution in [0.3, 0.4) is 0 Å². The Morgan fingerprint density at radius 2 is 1.94 bits per heavy atom. The molecule has 6 nitrogen and oxygen atoms in total. The number of rotatable bonds is 7. The SMILES string of the molecule is CCCCn1c(N2CCC(C)CC2)c(C=C2SC(=S)N(C(C)CC)C2=O)c(C)c(C#N)c1=O. The number of nitriles is 1. The molecule has 33 heavy (non-hydrogen) atoms. The number of amides is 1. The van der Waals surface area contributed by atoms with Gasteiger partial charge in [-0.1, -0.05) is 51.2 Å². The average molecular weight is 487 g/mol. The Labute approximate surface area is 206 Å². The molecule has 3 heterocycles. The summed E-state index contributed by atoms with van der Waals surface area (Å²) in [7, 11) is 0. The fourth-order valence-electron chi connectivity index (χ4n) is 4.40. The maximum absolute atomic E-state index is 13.3. The zero-order valence-electron chi connectivity index (χ0n) is 20.3. The van der Waals surface area contributed by atoms with E-state index in [-0.39, 0.29) is 23.1 Å². The van der Waals surface area contributed by atoms with Gasteiger partial charge in [-0.05, 0) is 57.1 Å². The van der Waals surface area contributed by atoms with Gasteiger partial charge >= 0.3 is 0 Å². The van der Waals surface area contributed by atoms with Crippen molar-refractivity contribution in [3.8, 4) is 6.07 Å². The van der Waals surface area contributed by atoms with Crippen LogP contribution in [0.1, 0.15) is 76.5 Å². The Balaban J connectivity index is 2.22. The van der Waals surface area contributed by atoms with Crippen molar-refractivity contribution in [1.82, 2.24) is 9.47 Å². The van der Waals surface area contributed by atoms with Crippen molar-refractivity contribution in [1.29, 1.82) is 5.26 Å². The van der Waals surface area contributed by atoms with Crippen LogP contribution in [0.4, 0.5) is 5.82 Å². The van der Waals surface area contributed by atoms with Crippen LogP contribution >= 0.6 is 24.0 Å². The molecule has 1 unspecified atom stereocenters. The second-order valence-electron chi connectivity index (χ2n) is 9.14. The van der Waals surface area contributed by atoms with Crippen molar-refractivity contribution in [2.75, 3.05) is 18.0 Å². The van der Waals surface area contributed by atoms with Gasteiger partial charge < -0.3 is 4.90 Å². The van der Waals surface area contributed by atoms with Crippen molar-refractivity contribution in [3.63, 3.8) is 0 Å². The van der Waals surface area contributed by atoms with Gasteiger partial charge in [-0.2, -0.15) is 5.26 Å². The largest absolute Gasteiger partial charge is 0.357 e. The minimum Gasteiger partial charge on any atom is -0.357 e. The van der Waals surface area contributed by atoms with Gasteiger partial charge in [0.05, 0.1) is 4.91 Å². The second-order valence-corrected chi connectivity index (χ2v) is 10.8. The molecule has 1 atom stereocenters. The highest BCUT2D eigenvalue weighted by molar-refractivity contribution is 8.26. The Morgan fingerprint density at radius 1 is 1.27 bits per heavy atom. The number of anilines is 1. The number of carbonyl (C=O) groups is 1. The van der Waals surface area contributed by atoms with E-state index in [0.717, 1.165) is 56.6 Å². The Kier molecular flexibility index (Phi) is 8.41. The molecule has 178 valence electrons. The molecule has 1 amide bonds. The maximum Gasteiger partial charge on any atom is 0.270 e. The number of piperidine rings is 1. The van der Waals surface area contributed by atoms with Crippen molar-refractivity contribution < 1.29 is 4.79 Å². The third-order valence-electron chi connectivity index (χ3n) is 6.80. The number of pyridine rings is 1. The zero-order valence-corrected chi connectivity index (χ0v) is 21.9. The van der Waals surface area contributed by atoms with Crippen LogP contribution in [0.15, 0.2) is 9.70 Å². The Bertz CT molecular complexity index is 1060. The predicted octanol–water partition coefficient (Wildman–Crippen LogP) is 5.06. The van der Waals surface area contributed by atoms with E-state index in [0.29, 0.717) is 27.3 Å². The van der Waals surface area contributed by atoms with Gasteiger partial charge in [0.25, 0.3) is 11.5 Å². The summed E-state index contributed by atoms with van der Waals surface area (Å²) in [5.41, 5.74) is 1.35. The smallest absolute Gasteiger partial charge is 0.270 e. The van der Waals surface area contributed by atoms with Crippen molar-refractivity contribution >= 4 is 46.1 Å². The second kappa shape index (κ2) is 10.9. The summed E-state index contributed by atoms with van der Waals surface area (Å²) in [6.07, 6.45) is 6.58. The first-order chi connectivity index (χ1) is 15.7. The molecule has 2 aliphatic rings. The molecule has 0 radical (unpaired) electrons. The van der Waals surface area contributed by atoms with Gasteiger partial charge in [0, 0.05) is 31.2 Å². The van der Waals surface area contributed by atoms with Crippen molar-refractivity contribution in [2.24, 2.45) is 5.92 Å². The van der Waals surface area contributed by atoms with E-state index in [1.165, 1.54) is 11.8 Å². The molecule has 2 saturated heterocycles. The summed E-state index contributed by atoms with van der Waals surface area (Å²) in [4.78, 5) is 31.1. The summed E-state index contributed by atoms with van der Waals surface area (Å²) in [5.74, 6) is 1.39. The molecular formula is C25H34N4O2S2. The van der Waals surface area contributed by atoms with E-state index in [1.54, 1.807) is 9.47 Å². The summed E-state index contributed by atoms with van der Waals surface area (Å²) in [5, 5.41) is 9.81. The monoisotopic (exact) mass is 486 g/mol. The first-order valence-corrected chi connectivity index (χ1v) is 13.2. The van der Waals surface area contributed by atoms with E-state index in [2.05, 4.69) is 24.8 Å². The number of carbonyl (C=O) groups excluding carboxylic acids is 1. The quantitative estimate of drug-likeness (QED) is 0.396. The molecular weight excluding hydrogens is 452 g/mol. The number of hydrogen-bond donors (Lipinski definition) is 0. The van der Waals surface area contributed by atoms with E-state index in [4.69, 9.17) is 12.2 Å². The average Bonchev–Trinajstić information content (AvgIpc) is 3.08. The van der Waals surface area contributed by atoms with Gasteiger partial charge in [0.15, 0.2) is 0 Å². The first kappa shape index (κ1) is 25.5. The lowest BCUT2D eigenvalue weighted by Gasteiger charge is -2.35. The summed E-state index contributed by atoms with van der Waals surface area (Å²) < 4.78 is 2.33. The molecule has 0 spiro atoms. The number of thioether (sulfide) groups is 1. The lowest BCUT2D eigenvalue weighted by Crippen LogP contribution is -2.39. The van der Waals surface area contributed by atoms with Crippen LogP contribution < -0.4 is 10.5 Å². The van der Waals surface area contributed by atoms with Crippen LogP contribution in [0.25, 0.3) is 6.08 Å². The zero-order chi connectivity index (χ0) is 24.3. The van der Waals surface area contributed by atoms with E-state index in [9.17, 15) is 14.9 Å². The molecule has 1 aromatic rings. The maximum atomic E-state index is 13.3. The summed E-state index contributed by atoms with van der Waals surface area (Å²) >= 11 is 6.83. The number of aromatic nitrogens is 1. The molecule has 0 saturated carbocycles. The molecule has 0 N–H and O–H groups in total. The number of unbranched alkanes of at least 4 members (excludes halogenated alkanes) is 1. The molecule has 0 bridgehead atoms. The molecule has 0 aromatic carbocycles. The highest BCUT2D eigenvalue weighted by atomic mass is 32.2. The standard InChI is InChI=1S/C25H34N4O2S2/c1-6-8-11-28-22(27-12-9-16(3)10-13-27)19(18(5)20(15-26)23(28)30)14-21-24(31)29(17(4)7-2)25(32)33-21/h14,16-17H,6-13H2,1-5H3. The lowest BCUT2D eigenvalue weighted by atomic mass is 9.97. The minimum atomic E-state index is -0.235. The molecule has 2 aliphatic heterocycles. The van der Waals surface area contributed by atoms with Crippen LogP contribution in [-0.4, -0.2) is 38.8 Å². The normalized spacial score (nSPS) is 19.5. The summed E-state index contributed by atoms with van der Waals surface area (Å²) in [6, 6.07) is 2.16. The fourth-order valence-corrected chi connectivity index (χ4v) is 5.85. The highest BCUT2D eigenvalue weighted by Crippen LogP contribution is 2.37. The number of nitrogens with zero attached hydrogens (tertiary/aromatic N) is 4. The van der Waals surface area contributed by atoms with Crippen LogP contribution in [0, 0.1) is 24.2 Å². The predicted molar refractivity (Wildman–Crippen MR) is 140 cm³/mol. The number of hydrogen-bond acceptors (Lipinski definition) is 6. The van der Waals surface area contributed by atoms with E-state index >= 15 is 0 Å². The Hall–Kier alpha value is -2.11. The minimum absolute atomic E-state index is 0.0285. The van der Waals surface area contributed by atoms with Crippen LogP contribution in [-0.2, 0) is 11.3 Å². The van der Waals surface area contributed by atoms with Crippen molar-refractivity contribution in [2.45, 2.75) is 79.3 Å². The highest BCUT2D eigenvalue weighted by Gasteiger charge is 2.35. The van der Waals surface area contributed by atoms with Gasteiger partial charge in [0.2, 0.25) is 0 Å². The molecule has 3 rings (SSSR count).